The largest absolute Gasteiger partial charge is 0.307 e. The minimum absolute atomic E-state index is 0.258. The molecule has 0 aliphatic carbocycles. The van der Waals surface area contributed by atoms with Crippen molar-refractivity contribution in [1.82, 2.24) is 9.88 Å². The zero-order valence-corrected chi connectivity index (χ0v) is 13.8. The molecular formula is C16H12BrN3O3. The van der Waals surface area contributed by atoms with Gasteiger partial charge in [-0.3, -0.25) is 19.3 Å². The first-order chi connectivity index (χ1) is 11.0. The molecule has 6 nitrogen and oxygen atoms in total. The van der Waals surface area contributed by atoms with Crippen molar-refractivity contribution in [2.75, 3.05) is 11.9 Å². The number of hydrogen-bond acceptors (Lipinski definition) is 4. The number of hydrogen-bond donors (Lipinski definition) is 1. The van der Waals surface area contributed by atoms with Crippen LogP contribution >= 0.6 is 15.9 Å². The number of amides is 3. The van der Waals surface area contributed by atoms with Crippen molar-refractivity contribution in [3.05, 3.63) is 57.7 Å². The minimum Gasteiger partial charge on any atom is -0.307 e. The van der Waals surface area contributed by atoms with Crippen LogP contribution in [0, 0.1) is 0 Å². The maximum atomic E-state index is 12.3. The van der Waals surface area contributed by atoms with E-state index in [2.05, 4.69) is 26.2 Å². The molecular weight excluding hydrogens is 362 g/mol. The first kappa shape index (κ1) is 15.4. The van der Waals surface area contributed by atoms with Crippen molar-refractivity contribution in [2.45, 2.75) is 6.92 Å². The summed E-state index contributed by atoms with van der Waals surface area (Å²) in [6.45, 7) is 2.03. The highest BCUT2D eigenvalue weighted by Crippen LogP contribution is 2.24. The van der Waals surface area contributed by atoms with Crippen LogP contribution in [0.4, 0.5) is 5.82 Å². The van der Waals surface area contributed by atoms with Gasteiger partial charge < -0.3 is 5.32 Å². The normalized spacial score (nSPS) is 13.2. The molecule has 0 radical (unpaired) electrons. The van der Waals surface area contributed by atoms with Crippen molar-refractivity contribution >= 4 is 39.5 Å². The highest BCUT2D eigenvalue weighted by Gasteiger charge is 2.34. The molecule has 1 aliphatic heterocycles. The molecule has 0 saturated carbocycles. The fraction of sp³-hybridized carbons (Fsp3) is 0.125. The van der Waals surface area contributed by atoms with Crippen molar-refractivity contribution < 1.29 is 14.4 Å². The maximum absolute atomic E-state index is 12.3. The van der Waals surface area contributed by atoms with Crippen LogP contribution in [0.2, 0.25) is 0 Å². The first-order valence-corrected chi connectivity index (χ1v) is 7.73. The fourth-order valence-corrected chi connectivity index (χ4v) is 2.59. The van der Waals surface area contributed by atoms with Crippen molar-refractivity contribution in [3.8, 4) is 0 Å². The van der Waals surface area contributed by atoms with Crippen LogP contribution in [-0.4, -0.2) is 34.2 Å². The van der Waals surface area contributed by atoms with Crippen molar-refractivity contribution in [3.63, 3.8) is 0 Å². The number of nitrogens with zero attached hydrogens (tertiary/aromatic N) is 2. The maximum Gasteiger partial charge on any atom is 0.261 e. The average Bonchev–Trinajstić information content (AvgIpc) is 2.80. The number of imide groups is 1. The van der Waals surface area contributed by atoms with Gasteiger partial charge in [0.15, 0.2) is 0 Å². The Bertz CT molecular complexity index is 818. The second kappa shape index (κ2) is 5.92. The van der Waals surface area contributed by atoms with Crippen molar-refractivity contribution in [2.24, 2.45) is 0 Å². The SMILES string of the molecule is CCN1C(=O)c2ccc(C(=O)Nc3ccc(Br)cn3)cc2C1=O. The standard InChI is InChI=1S/C16H12BrN3O3/c1-2-20-15(22)11-5-3-9(7-12(11)16(20)23)14(21)19-13-6-4-10(17)8-18-13/h3-8H,2H2,1H3,(H,18,19,21). The third kappa shape index (κ3) is 2.75. The lowest BCUT2D eigenvalue weighted by atomic mass is 10.1. The molecule has 1 aliphatic rings. The van der Waals surface area contributed by atoms with Crippen LogP contribution in [0.15, 0.2) is 41.0 Å². The lowest BCUT2D eigenvalue weighted by molar-refractivity contribution is 0.0662. The molecule has 7 heteroatoms. The number of rotatable bonds is 3. The molecule has 0 saturated heterocycles. The van der Waals surface area contributed by atoms with Gasteiger partial charge in [0.1, 0.15) is 5.82 Å². The third-order valence-electron chi connectivity index (χ3n) is 3.52. The van der Waals surface area contributed by atoms with E-state index in [4.69, 9.17) is 0 Å². The summed E-state index contributed by atoms with van der Waals surface area (Å²) in [5, 5.41) is 2.65. The molecule has 1 aromatic heterocycles. The number of fused-ring (bicyclic) bond motifs is 1. The number of halogens is 1. The zero-order valence-electron chi connectivity index (χ0n) is 12.2. The van der Waals surface area contributed by atoms with Gasteiger partial charge in [-0.15, -0.1) is 0 Å². The number of anilines is 1. The van der Waals surface area contributed by atoms with Gasteiger partial charge in [0.25, 0.3) is 17.7 Å². The summed E-state index contributed by atoms with van der Waals surface area (Å²) in [5.74, 6) is -0.688. The Morgan fingerprint density at radius 1 is 1.17 bits per heavy atom. The van der Waals surface area contributed by atoms with Crippen molar-refractivity contribution in [1.29, 1.82) is 0 Å². The number of carbonyl (C=O) groups excluding carboxylic acids is 3. The molecule has 3 rings (SSSR count). The molecule has 0 atom stereocenters. The lowest BCUT2D eigenvalue weighted by Gasteiger charge is -2.08. The van der Waals surface area contributed by atoms with E-state index < -0.39 is 5.91 Å². The predicted octanol–water partition coefficient (Wildman–Crippen LogP) is 2.71. The monoisotopic (exact) mass is 373 g/mol. The van der Waals surface area contributed by atoms with Gasteiger partial charge in [0, 0.05) is 22.8 Å². The number of benzene rings is 1. The molecule has 23 heavy (non-hydrogen) atoms. The molecule has 2 heterocycles. The molecule has 1 N–H and O–H groups in total. The third-order valence-corrected chi connectivity index (χ3v) is 3.99. The van der Waals surface area contributed by atoms with Gasteiger partial charge >= 0.3 is 0 Å². The minimum atomic E-state index is -0.391. The Kier molecular flexibility index (Phi) is 3.96. The molecule has 0 spiro atoms. The summed E-state index contributed by atoms with van der Waals surface area (Å²) in [6.07, 6.45) is 1.57. The molecule has 2 aromatic rings. The summed E-state index contributed by atoms with van der Waals surface area (Å²) in [5.41, 5.74) is 0.885. The van der Waals surface area contributed by atoms with Gasteiger partial charge in [-0.05, 0) is 53.2 Å². The van der Waals surface area contributed by atoms with E-state index in [0.717, 1.165) is 9.37 Å². The van der Waals surface area contributed by atoms with Gasteiger partial charge in [-0.1, -0.05) is 0 Å². The highest BCUT2D eigenvalue weighted by atomic mass is 79.9. The quantitative estimate of drug-likeness (QED) is 0.838. The zero-order chi connectivity index (χ0) is 16.6. The van der Waals surface area contributed by atoms with Crippen LogP contribution in [-0.2, 0) is 0 Å². The van der Waals surface area contributed by atoms with Gasteiger partial charge in [-0.25, -0.2) is 4.98 Å². The highest BCUT2D eigenvalue weighted by molar-refractivity contribution is 9.10. The van der Waals surface area contributed by atoms with Gasteiger partial charge in [0.2, 0.25) is 0 Å². The molecule has 0 unspecified atom stereocenters. The summed E-state index contributed by atoms with van der Waals surface area (Å²) >= 11 is 3.27. The second-order valence-electron chi connectivity index (χ2n) is 4.93. The molecule has 3 amide bonds. The van der Waals surface area contributed by atoms with E-state index in [1.165, 1.54) is 18.2 Å². The Balaban J connectivity index is 1.87. The average molecular weight is 374 g/mol. The van der Waals surface area contributed by atoms with Crippen LogP contribution in [0.1, 0.15) is 38.0 Å². The van der Waals surface area contributed by atoms with E-state index in [0.29, 0.717) is 23.5 Å². The van der Waals surface area contributed by atoms with Crippen LogP contribution in [0.3, 0.4) is 0 Å². The lowest BCUT2D eigenvalue weighted by Crippen LogP contribution is -2.29. The summed E-state index contributed by atoms with van der Waals surface area (Å²) in [7, 11) is 0. The fourth-order valence-electron chi connectivity index (χ4n) is 2.36. The number of pyridine rings is 1. The molecule has 0 bridgehead atoms. The van der Waals surface area contributed by atoms with Crippen LogP contribution in [0.5, 0.6) is 0 Å². The molecule has 116 valence electrons. The summed E-state index contributed by atoms with van der Waals surface area (Å²) in [6, 6.07) is 7.89. The Morgan fingerprint density at radius 3 is 2.57 bits per heavy atom. The number of carbonyl (C=O) groups is 3. The second-order valence-corrected chi connectivity index (χ2v) is 5.85. The van der Waals surface area contributed by atoms with E-state index in [1.807, 2.05) is 0 Å². The first-order valence-electron chi connectivity index (χ1n) is 6.94. The van der Waals surface area contributed by atoms with Crippen LogP contribution in [0.25, 0.3) is 0 Å². The number of aromatic nitrogens is 1. The molecule has 1 aromatic carbocycles. The molecule has 0 fully saturated rings. The van der Waals surface area contributed by atoms with Gasteiger partial charge in [0.05, 0.1) is 11.1 Å². The van der Waals surface area contributed by atoms with Crippen LogP contribution < -0.4 is 5.32 Å². The topological polar surface area (TPSA) is 79.4 Å². The van der Waals surface area contributed by atoms with E-state index in [9.17, 15) is 14.4 Å². The Hall–Kier alpha value is -2.54. The summed E-state index contributed by atoms with van der Waals surface area (Å²) < 4.78 is 0.803. The van der Waals surface area contributed by atoms with Gasteiger partial charge in [-0.2, -0.15) is 0 Å². The smallest absolute Gasteiger partial charge is 0.261 e. The van der Waals surface area contributed by atoms with E-state index in [-0.39, 0.29) is 17.4 Å². The summed E-state index contributed by atoms with van der Waals surface area (Å²) in [4.78, 5) is 41.7. The number of nitrogens with one attached hydrogen (secondary N) is 1. The Labute approximate surface area is 140 Å². The van der Waals surface area contributed by atoms with E-state index in [1.54, 1.807) is 25.3 Å². The van der Waals surface area contributed by atoms with E-state index >= 15 is 0 Å². The Morgan fingerprint density at radius 2 is 1.91 bits per heavy atom. The predicted molar refractivity (Wildman–Crippen MR) is 87.4 cm³/mol.